The topological polar surface area (TPSA) is 64.6 Å². The van der Waals surface area contributed by atoms with E-state index in [9.17, 15) is 0 Å². The molecule has 3 aliphatic rings. The fraction of sp³-hybridized carbons (Fsp3) is 0.654. The number of fused-ring (bicyclic) bond motifs is 1. The first-order valence-electron chi connectivity index (χ1n) is 12.5. The van der Waals surface area contributed by atoms with Crippen LogP contribution in [0.25, 0.3) is 10.9 Å². The van der Waals surface area contributed by atoms with Crippen LogP contribution in [0, 0.1) is 5.92 Å². The van der Waals surface area contributed by atoms with Crippen LogP contribution in [-0.4, -0.2) is 41.6 Å². The van der Waals surface area contributed by atoms with Crippen molar-refractivity contribution < 1.29 is 14.5 Å². The second-order valence-corrected chi connectivity index (χ2v) is 11.1. The second kappa shape index (κ2) is 9.67. The third-order valence-electron chi connectivity index (χ3n) is 7.45. The first-order chi connectivity index (χ1) is 15.9. The van der Waals surface area contributed by atoms with Gasteiger partial charge >= 0.3 is 0 Å². The van der Waals surface area contributed by atoms with Gasteiger partial charge in [0.25, 0.3) is 0 Å². The standard InChI is InChI=1S/C26H36ClN3O3/c1-25(2)17-31-26(33-32-25)12-9-18(10-13-26)16-29-22-5-3-4-6-23(22)30-21-11-14-28-24-15-19(27)7-8-20(21)24/h7-8,11,14-15,18,22-23,29H,3-6,9-10,12-13,16-17H2,1-2H3,(H,28,30)/t18?,22-,23-,26?/m1/s1. The molecule has 1 aliphatic heterocycles. The summed E-state index contributed by atoms with van der Waals surface area (Å²) in [6.07, 6.45) is 10.8. The molecule has 7 heteroatoms. The number of benzene rings is 1. The highest BCUT2D eigenvalue weighted by Crippen LogP contribution is 2.40. The lowest BCUT2D eigenvalue weighted by atomic mass is 9.84. The average Bonchev–Trinajstić information content (AvgIpc) is 2.82. The van der Waals surface area contributed by atoms with Gasteiger partial charge in [0.1, 0.15) is 5.60 Å². The summed E-state index contributed by atoms with van der Waals surface area (Å²) in [5.41, 5.74) is 1.71. The summed E-state index contributed by atoms with van der Waals surface area (Å²) in [4.78, 5) is 15.8. The quantitative estimate of drug-likeness (QED) is 0.531. The molecule has 2 atom stereocenters. The number of hydrogen-bond acceptors (Lipinski definition) is 6. The number of pyridine rings is 1. The van der Waals surface area contributed by atoms with Crippen LogP contribution in [0.1, 0.15) is 65.2 Å². The average molecular weight is 474 g/mol. The van der Waals surface area contributed by atoms with E-state index in [4.69, 9.17) is 26.1 Å². The number of rotatable bonds is 5. The van der Waals surface area contributed by atoms with Gasteiger partial charge in [-0.2, -0.15) is 0 Å². The Kier molecular flexibility index (Phi) is 6.83. The molecular weight excluding hydrogens is 438 g/mol. The van der Waals surface area contributed by atoms with Gasteiger partial charge in [-0.25, -0.2) is 9.78 Å². The minimum Gasteiger partial charge on any atom is -0.380 e. The third kappa shape index (κ3) is 5.46. The van der Waals surface area contributed by atoms with Crippen LogP contribution < -0.4 is 10.6 Å². The van der Waals surface area contributed by atoms with Gasteiger partial charge in [-0.1, -0.05) is 24.4 Å². The molecule has 1 aromatic carbocycles. The molecule has 6 nitrogen and oxygen atoms in total. The Hall–Kier alpha value is -1.44. The summed E-state index contributed by atoms with van der Waals surface area (Å²) in [6.45, 7) is 5.61. The number of hydrogen-bond donors (Lipinski definition) is 2. The molecule has 1 aromatic heterocycles. The Morgan fingerprint density at radius 3 is 2.58 bits per heavy atom. The summed E-state index contributed by atoms with van der Waals surface area (Å²) in [7, 11) is 0. The number of halogens is 1. The fourth-order valence-electron chi connectivity index (χ4n) is 5.40. The Morgan fingerprint density at radius 2 is 1.82 bits per heavy atom. The Balaban J connectivity index is 1.16. The zero-order valence-corrected chi connectivity index (χ0v) is 20.5. The summed E-state index contributed by atoms with van der Waals surface area (Å²) < 4.78 is 6.10. The van der Waals surface area contributed by atoms with Crippen molar-refractivity contribution in [2.75, 3.05) is 18.5 Å². The van der Waals surface area contributed by atoms with E-state index in [1.807, 2.05) is 32.2 Å². The largest absolute Gasteiger partial charge is 0.380 e. The van der Waals surface area contributed by atoms with Crippen molar-refractivity contribution in [1.82, 2.24) is 10.3 Å². The molecule has 2 aromatic rings. The van der Waals surface area contributed by atoms with Crippen molar-refractivity contribution in [3.05, 3.63) is 35.5 Å². The van der Waals surface area contributed by atoms with Crippen LogP contribution in [0.4, 0.5) is 5.69 Å². The minimum absolute atomic E-state index is 0.362. The molecule has 2 saturated carbocycles. The van der Waals surface area contributed by atoms with Crippen molar-refractivity contribution in [3.8, 4) is 0 Å². The lowest BCUT2D eigenvalue weighted by Gasteiger charge is -2.45. The fourth-order valence-corrected chi connectivity index (χ4v) is 5.57. The van der Waals surface area contributed by atoms with E-state index in [1.54, 1.807) is 0 Å². The van der Waals surface area contributed by atoms with Crippen molar-refractivity contribution in [2.45, 2.75) is 88.7 Å². The maximum absolute atomic E-state index is 6.17. The molecule has 0 unspecified atom stereocenters. The van der Waals surface area contributed by atoms with E-state index >= 15 is 0 Å². The van der Waals surface area contributed by atoms with Gasteiger partial charge in [0.05, 0.1) is 12.1 Å². The van der Waals surface area contributed by atoms with Crippen LogP contribution in [-0.2, 0) is 14.5 Å². The van der Waals surface area contributed by atoms with Crippen LogP contribution in [0.5, 0.6) is 0 Å². The number of nitrogens with zero attached hydrogens (tertiary/aromatic N) is 1. The van der Waals surface area contributed by atoms with Crippen LogP contribution in [0.2, 0.25) is 5.02 Å². The SMILES string of the molecule is CC1(C)COC2(CCC(CN[C@@H]3CCCC[C@H]3Nc3ccnc4cc(Cl)ccc34)CC2)OO1. The lowest BCUT2D eigenvalue weighted by molar-refractivity contribution is -0.512. The van der Waals surface area contributed by atoms with E-state index in [2.05, 4.69) is 27.8 Å². The maximum atomic E-state index is 6.17. The van der Waals surface area contributed by atoms with Crippen molar-refractivity contribution >= 4 is 28.2 Å². The van der Waals surface area contributed by atoms with E-state index in [1.165, 1.54) is 25.7 Å². The predicted molar refractivity (Wildman–Crippen MR) is 131 cm³/mol. The third-order valence-corrected chi connectivity index (χ3v) is 7.68. The number of aromatic nitrogens is 1. The van der Waals surface area contributed by atoms with Gasteiger partial charge in [0.15, 0.2) is 0 Å². The predicted octanol–water partition coefficient (Wildman–Crippen LogP) is 5.84. The first kappa shape index (κ1) is 23.3. The molecule has 0 radical (unpaired) electrons. The highest BCUT2D eigenvalue weighted by Gasteiger charge is 2.45. The molecule has 1 spiro atoms. The zero-order chi connectivity index (χ0) is 22.9. The first-order valence-corrected chi connectivity index (χ1v) is 12.8. The van der Waals surface area contributed by atoms with Gasteiger partial charge in [-0.05, 0) is 76.3 Å². The van der Waals surface area contributed by atoms with Gasteiger partial charge in [0, 0.05) is 47.2 Å². The summed E-state index contributed by atoms with van der Waals surface area (Å²) in [5, 5.41) is 9.59. The van der Waals surface area contributed by atoms with Crippen molar-refractivity contribution in [1.29, 1.82) is 0 Å². The van der Waals surface area contributed by atoms with E-state index in [-0.39, 0.29) is 5.60 Å². The zero-order valence-electron chi connectivity index (χ0n) is 19.7. The maximum Gasteiger partial charge on any atom is 0.201 e. The molecule has 1 saturated heterocycles. The van der Waals surface area contributed by atoms with Gasteiger partial charge in [0.2, 0.25) is 5.79 Å². The highest BCUT2D eigenvalue weighted by molar-refractivity contribution is 6.31. The summed E-state index contributed by atoms with van der Waals surface area (Å²) in [6, 6.07) is 8.90. The van der Waals surface area contributed by atoms with Gasteiger partial charge in [-0.15, -0.1) is 0 Å². The number of ether oxygens (including phenoxy) is 1. The molecule has 33 heavy (non-hydrogen) atoms. The van der Waals surface area contributed by atoms with Crippen LogP contribution in [0.15, 0.2) is 30.5 Å². The molecule has 3 fully saturated rings. The van der Waals surface area contributed by atoms with Crippen LogP contribution >= 0.6 is 11.6 Å². The van der Waals surface area contributed by atoms with Crippen molar-refractivity contribution in [2.24, 2.45) is 5.92 Å². The summed E-state index contributed by atoms with van der Waals surface area (Å²) in [5.74, 6) is 0.107. The van der Waals surface area contributed by atoms with E-state index in [0.29, 0.717) is 24.6 Å². The molecule has 0 amide bonds. The van der Waals surface area contributed by atoms with Gasteiger partial charge < -0.3 is 15.4 Å². The molecule has 0 bridgehead atoms. The minimum atomic E-state index is -0.535. The molecule has 2 heterocycles. The second-order valence-electron chi connectivity index (χ2n) is 10.6. The Morgan fingerprint density at radius 1 is 1.03 bits per heavy atom. The Bertz CT molecular complexity index is 949. The molecule has 5 rings (SSSR count). The normalized spacial score (nSPS) is 32.2. The van der Waals surface area contributed by atoms with E-state index < -0.39 is 5.79 Å². The number of anilines is 1. The van der Waals surface area contributed by atoms with Gasteiger partial charge in [-0.3, -0.25) is 4.98 Å². The molecule has 2 N–H and O–H groups in total. The lowest BCUT2D eigenvalue weighted by Crippen LogP contribution is -2.52. The monoisotopic (exact) mass is 473 g/mol. The summed E-state index contributed by atoms with van der Waals surface area (Å²) >= 11 is 6.17. The van der Waals surface area contributed by atoms with E-state index in [0.717, 1.165) is 53.8 Å². The number of nitrogens with one attached hydrogen (secondary N) is 2. The highest BCUT2D eigenvalue weighted by atomic mass is 35.5. The smallest absolute Gasteiger partial charge is 0.201 e. The van der Waals surface area contributed by atoms with Crippen LogP contribution in [0.3, 0.4) is 0 Å². The molecule has 180 valence electrons. The Labute approximate surface area is 201 Å². The van der Waals surface area contributed by atoms with Crippen molar-refractivity contribution in [3.63, 3.8) is 0 Å². The molecule has 2 aliphatic carbocycles. The molecular formula is C26H36ClN3O3.